The van der Waals surface area contributed by atoms with E-state index in [1.54, 1.807) is 7.11 Å². The maximum Gasteiger partial charge on any atom is 0.165 e. The Morgan fingerprint density at radius 2 is 2.19 bits per heavy atom. The van der Waals surface area contributed by atoms with Crippen molar-refractivity contribution in [1.82, 2.24) is 4.90 Å². The topological polar surface area (TPSA) is 41.9 Å². The summed E-state index contributed by atoms with van der Waals surface area (Å²) in [4.78, 5) is 2.75. The molecule has 1 N–H and O–H groups in total. The van der Waals surface area contributed by atoms with Crippen molar-refractivity contribution in [3.8, 4) is 11.5 Å². The molecule has 2 fully saturated rings. The Labute approximate surface area is 154 Å². The second kappa shape index (κ2) is 5.26. The predicted molar refractivity (Wildman–Crippen MR) is 98.7 cm³/mol. The number of aliphatic hydroxyl groups excluding tert-OH is 1. The lowest BCUT2D eigenvalue weighted by atomic mass is 9.53. The highest BCUT2D eigenvalue weighted by atomic mass is 16.5. The van der Waals surface area contributed by atoms with E-state index in [4.69, 9.17) is 9.47 Å². The molecule has 3 aliphatic carbocycles. The van der Waals surface area contributed by atoms with Crippen LogP contribution in [0.25, 0.3) is 0 Å². The van der Waals surface area contributed by atoms with E-state index in [2.05, 4.69) is 17.0 Å². The number of ether oxygens (including phenoxy) is 2. The number of piperidine rings is 1. The average Bonchev–Trinajstić information content (AvgIpc) is 2.96. The van der Waals surface area contributed by atoms with Crippen molar-refractivity contribution in [3.63, 3.8) is 0 Å². The number of aliphatic hydroxyl groups is 1. The summed E-state index contributed by atoms with van der Waals surface area (Å²) in [5.41, 5.74) is 2.67. The second-order valence-corrected chi connectivity index (χ2v) is 8.92. The third-order valence-electron chi connectivity index (χ3n) is 7.91. The lowest BCUT2D eigenvalue weighted by Gasteiger charge is -2.57. The number of rotatable bonds is 3. The van der Waals surface area contributed by atoms with E-state index in [1.165, 1.54) is 36.9 Å². The molecule has 138 valence electrons. The normalized spacial score (nSPS) is 39.9. The predicted octanol–water partition coefficient (Wildman–Crippen LogP) is 2.67. The van der Waals surface area contributed by atoms with Gasteiger partial charge in [0.05, 0.1) is 7.11 Å². The molecule has 6 rings (SSSR count). The maximum atomic E-state index is 10.7. The summed E-state index contributed by atoms with van der Waals surface area (Å²) in [6.07, 6.45) is 9.95. The molecule has 2 aliphatic heterocycles. The molecule has 1 spiro atoms. The van der Waals surface area contributed by atoms with Crippen molar-refractivity contribution in [3.05, 3.63) is 35.4 Å². The number of hydrogen-bond donors (Lipinski definition) is 1. The fraction of sp³-hybridized carbons (Fsp3) is 0.636. The SMILES string of the molecule is COc1ccc2c3c1OC1C(O)C=CC4[C@@H](C2)N(CC2CCC2)CC[C@]314. The molecule has 3 unspecified atom stereocenters. The van der Waals surface area contributed by atoms with Crippen LogP contribution in [0.3, 0.4) is 0 Å². The van der Waals surface area contributed by atoms with Gasteiger partial charge in [-0.2, -0.15) is 0 Å². The zero-order chi connectivity index (χ0) is 17.5. The number of likely N-dealkylation sites (tertiary alicyclic amines) is 1. The van der Waals surface area contributed by atoms with E-state index in [9.17, 15) is 5.11 Å². The lowest BCUT2D eigenvalue weighted by Crippen LogP contribution is -2.66. The first-order valence-corrected chi connectivity index (χ1v) is 10.2. The standard InChI is InChI=1S/C22H27NO3/c1-25-18-8-5-14-11-16-15-6-7-17(24)21-22(15,19(14)20(18)26-21)9-10-23(16)12-13-3-2-4-13/h5-8,13,15-17,21,24H,2-4,9-12H2,1H3/t15?,16-,17?,21?,22+/m1/s1. The number of hydrogen-bond acceptors (Lipinski definition) is 4. The molecular formula is C22H27NO3. The molecule has 5 atom stereocenters. The third-order valence-corrected chi connectivity index (χ3v) is 7.91. The van der Waals surface area contributed by atoms with Crippen LogP contribution in [0.2, 0.25) is 0 Å². The largest absolute Gasteiger partial charge is 0.493 e. The Balaban J connectivity index is 1.49. The summed E-state index contributed by atoms with van der Waals surface area (Å²) in [5, 5.41) is 10.7. The molecule has 1 saturated carbocycles. The molecule has 4 nitrogen and oxygen atoms in total. The van der Waals surface area contributed by atoms with Gasteiger partial charge in [0.2, 0.25) is 0 Å². The zero-order valence-electron chi connectivity index (χ0n) is 15.4. The van der Waals surface area contributed by atoms with Gasteiger partial charge in [-0.3, -0.25) is 4.90 Å². The van der Waals surface area contributed by atoms with E-state index in [-0.39, 0.29) is 11.5 Å². The molecule has 1 aromatic rings. The van der Waals surface area contributed by atoms with Crippen LogP contribution in [0.5, 0.6) is 11.5 Å². The highest BCUT2D eigenvalue weighted by Gasteiger charge is 2.64. The summed E-state index contributed by atoms with van der Waals surface area (Å²) in [6.45, 7) is 2.37. The van der Waals surface area contributed by atoms with Crippen molar-refractivity contribution in [2.24, 2.45) is 11.8 Å². The zero-order valence-corrected chi connectivity index (χ0v) is 15.4. The van der Waals surface area contributed by atoms with Crippen LogP contribution in [0.1, 0.15) is 36.8 Å². The van der Waals surface area contributed by atoms with Crippen LogP contribution < -0.4 is 9.47 Å². The van der Waals surface area contributed by atoms with Crippen LogP contribution in [-0.4, -0.2) is 48.5 Å². The van der Waals surface area contributed by atoms with Gasteiger partial charge < -0.3 is 14.6 Å². The van der Waals surface area contributed by atoms with E-state index in [1.807, 2.05) is 12.1 Å². The second-order valence-electron chi connectivity index (χ2n) is 8.92. The van der Waals surface area contributed by atoms with E-state index in [0.29, 0.717) is 12.0 Å². The Kier molecular flexibility index (Phi) is 3.14. The van der Waals surface area contributed by atoms with E-state index >= 15 is 0 Å². The summed E-state index contributed by atoms with van der Waals surface area (Å²) in [5.74, 6) is 3.04. The first-order valence-electron chi connectivity index (χ1n) is 10.2. The molecule has 26 heavy (non-hydrogen) atoms. The number of methoxy groups -OCH3 is 1. The van der Waals surface area contributed by atoms with E-state index < -0.39 is 6.10 Å². The van der Waals surface area contributed by atoms with Crippen molar-refractivity contribution in [1.29, 1.82) is 0 Å². The first-order chi connectivity index (χ1) is 12.7. The summed E-state index contributed by atoms with van der Waals surface area (Å²) in [7, 11) is 1.71. The highest BCUT2D eigenvalue weighted by Crippen LogP contribution is 2.62. The van der Waals surface area contributed by atoms with Crippen LogP contribution in [0, 0.1) is 11.8 Å². The maximum absolute atomic E-state index is 10.7. The van der Waals surface area contributed by atoms with Gasteiger partial charge in [0.25, 0.3) is 0 Å². The molecule has 1 aromatic carbocycles. The fourth-order valence-corrected chi connectivity index (χ4v) is 6.52. The van der Waals surface area contributed by atoms with Crippen LogP contribution in [0.4, 0.5) is 0 Å². The van der Waals surface area contributed by atoms with Gasteiger partial charge in [0.15, 0.2) is 11.5 Å². The molecule has 2 bridgehead atoms. The third kappa shape index (κ3) is 1.77. The monoisotopic (exact) mass is 353 g/mol. The first kappa shape index (κ1) is 15.5. The van der Waals surface area contributed by atoms with E-state index in [0.717, 1.165) is 36.8 Å². The lowest BCUT2D eigenvalue weighted by molar-refractivity contribution is -0.0572. The molecule has 2 heterocycles. The van der Waals surface area contributed by atoms with Crippen molar-refractivity contribution < 1.29 is 14.6 Å². The Hall–Kier alpha value is -1.52. The minimum atomic E-state index is -0.534. The highest BCUT2D eigenvalue weighted by molar-refractivity contribution is 5.62. The summed E-state index contributed by atoms with van der Waals surface area (Å²) >= 11 is 0. The van der Waals surface area contributed by atoms with Crippen LogP contribution in [-0.2, 0) is 11.8 Å². The molecule has 0 amide bonds. The van der Waals surface area contributed by atoms with Crippen molar-refractivity contribution >= 4 is 0 Å². The Morgan fingerprint density at radius 1 is 1.31 bits per heavy atom. The minimum Gasteiger partial charge on any atom is -0.493 e. The average molecular weight is 353 g/mol. The van der Waals surface area contributed by atoms with Crippen molar-refractivity contribution in [2.45, 2.75) is 55.8 Å². The quantitative estimate of drug-likeness (QED) is 0.849. The summed E-state index contributed by atoms with van der Waals surface area (Å²) < 4.78 is 12.0. The van der Waals surface area contributed by atoms with Crippen LogP contribution >= 0.6 is 0 Å². The smallest absolute Gasteiger partial charge is 0.165 e. The van der Waals surface area contributed by atoms with Gasteiger partial charge in [0.1, 0.15) is 12.2 Å². The number of benzene rings is 1. The molecule has 0 radical (unpaired) electrons. The van der Waals surface area contributed by atoms with Gasteiger partial charge in [-0.1, -0.05) is 24.6 Å². The molecule has 5 aliphatic rings. The Morgan fingerprint density at radius 3 is 2.96 bits per heavy atom. The van der Waals surface area contributed by atoms with Crippen LogP contribution in [0.15, 0.2) is 24.3 Å². The number of nitrogens with zero attached hydrogens (tertiary/aromatic N) is 1. The van der Waals surface area contributed by atoms with Gasteiger partial charge in [0, 0.05) is 29.5 Å². The van der Waals surface area contributed by atoms with Gasteiger partial charge in [-0.05, 0) is 49.8 Å². The minimum absolute atomic E-state index is 0.0770. The molecule has 4 heteroatoms. The van der Waals surface area contributed by atoms with Gasteiger partial charge in [-0.15, -0.1) is 0 Å². The molecule has 0 aromatic heterocycles. The summed E-state index contributed by atoms with van der Waals surface area (Å²) in [6, 6.07) is 4.83. The Bertz CT molecular complexity index is 786. The van der Waals surface area contributed by atoms with Gasteiger partial charge in [-0.25, -0.2) is 0 Å². The van der Waals surface area contributed by atoms with Crippen molar-refractivity contribution in [2.75, 3.05) is 20.2 Å². The molecular weight excluding hydrogens is 326 g/mol. The van der Waals surface area contributed by atoms with Gasteiger partial charge >= 0.3 is 0 Å². The fourth-order valence-electron chi connectivity index (χ4n) is 6.52. The molecule has 1 saturated heterocycles.